The predicted octanol–water partition coefficient (Wildman–Crippen LogP) is 7.01. The zero-order valence-corrected chi connectivity index (χ0v) is 21.2. The third kappa shape index (κ3) is 4.92. The Balaban J connectivity index is 1.50. The van der Waals surface area contributed by atoms with E-state index in [9.17, 15) is 9.59 Å². The summed E-state index contributed by atoms with van der Waals surface area (Å²) in [4.78, 5) is 30.3. The molecule has 36 heavy (non-hydrogen) atoms. The van der Waals surface area contributed by atoms with Crippen molar-refractivity contribution in [1.29, 1.82) is 0 Å². The minimum absolute atomic E-state index is 0.142. The molecule has 0 spiro atoms. The number of carbonyl (C=O) groups is 2. The number of amides is 1. The number of benzene rings is 3. The smallest absolute Gasteiger partial charge is 0.410 e. The molecular weight excluding hydrogens is 497 g/mol. The summed E-state index contributed by atoms with van der Waals surface area (Å²) in [5.74, 6) is 0.571. The van der Waals surface area contributed by atoms with Gasteiger partial charge in [-0.3, -0.25) is 9.69 Å². The molecule has 0 saturated heterocycles. The van der Waals surface area contributed by atoms with E-state index in [1.165, 1.54) is 0 Å². The average Bonchev–Trinajstić information content (AvgIpc) is 3.26. The number of fused-ring (bicyclic) bond motifs is 3. The molecule has 5 rings (SSSR count). The molecule has 6 nitrogen and oxygen atoms in total. The molecule has 8 heteroatoms. The van der Waals surface area contributed by atoms with E-state index >= 15 is 0 Å². The van der Waals surface area contributed by atoms with Gasteiger partial charge in [-0.25, -0.2) is 4.79 Å². The van der Waals surface area contributed by atoms with Gasteiger partial charge in [0.1, 0.15) is 11.8 Å². The molecule has 184 valence electrons. The van der Waals surface area contributed by atoms with Crippen LogP contribution in [0, 0.1) is 0 Å². The topological polar surface area (TPSA) is 74.4 Å². The fourth-order valence-corrected chi connectivity index (χ4v) is 4.87. The van der Waals surface area contributed by atoms with Gasteiger partial charge in [0.05, 0.1) is 6.54 Å². The van der Waals surface area contributed by atoms with Gasteiger partial charge in [0.25, 0.3) is 0 Å². The van der Waals surface area contributed by atoms with Crippen LogP contribution in [0.15, 0.2) is 66.7 Å². The van der Waals surface area contributed by atoms with Crippen molar-refractivity contribution >= 4 is 51.7 Å². The summed E-state index contributed by atoms with van der Waals surface area (Å²) in [6, 6.07) is 19.9. The zero-order valence-electron chi connectivity index (χ0n) is 19.7. The Hall–Kier alpha value is -3.48. The van der Waals surface area contributed by atoms with Crippen molar-refractivity contribution in [2.24, 2.45) is 0 Å². The first-order valence-electron chi connectivity index (χ1n) is 11.8. The van der Waals surface area contributed by atoms with Crippen LogP contribution < -0.4 is 10.1 Å². The van der Waals surface area contributed by atoms with Crippen molar-refractivity contribution < 1.29 is 14.3 Å². The Bertz CT molecular complexity index is 1410. The Labute approximate surface area is 219 Å². The lowest BCUT2D eigenvalue weighted by Crippen LogP contribution is -2.42. The van der Waals surface area contributed by atoms with Crippen LogP contribution in [0.3, 0.4) is 0 Å². The number of H-pyrrole nitrogens is 1. The van der Waals surface area contributed by atoms with Gasteiger partial charge in [-0.15, -0.1) is 0 Å². The first-order valence-corrected chi connectivity index (χ1v) is 12.6. The van der Waals surface area contributed by atoms with Gasteiger partial charge in [0.2, 0.25) is 0 Å². The van der Waals surface area contributed by atoms with Crippen molar-refractivity contribution in [2.45, 2.75) is 25.8 Å². The van der Waals surface area contributed by atoms with E-state index in [0.717, 1.165) is 33.4 Å². The minimum atomic E-state index is -0.444. The molecule has 4 aromatic rings. The number of ketones is 1. The van der Waals surface area contributed by atoms with Crippen LogP contribution in [0.2, 0.25) is 10.0 Å². The van der Waals surface area contributed by atoms with E-state index in [2.05, 4.69) is 10.3 Å². The van der Waals surface area contributed by atoms with E-state index < -0.39 is 6.09 Å². The number of nitrogens with one attached hydrogen (secondary N) is 2. The fraction of sp³-hybridized carbons (Fsp3) is 0.214. The summed E-state index contributed by atoms with van der Waals surface area (Å²) in [5.41, 5.74) is 4.82. The monoisotopic (exact) mass is 521 g/mol. The highest BCUT2D eigenvalue weighted by Crippen LogP contribution is 2.39. The van der Waals surface area contributed by atoms with Gasteiger partial charge in [-0.05, 0) is 72.1 Å². The number of nitrogens with zero attached hydrogens (tertiary/aromatic N) is 1. The van der Waals surface area contributed by atoms with Crippen molar-refractivity contribution in [3.63, 3.8) is 0 Å². The second-order valence-corrected chi connectivity index (χ2v) is 9.62. The molecule has 0 aliphatic carbocycles. The maximum atomic E-state index is 13.4. The van der Waals surface area contributed by atoms with Gasteiger partial charge in [-0.2, -0.15) is 0 Å². The number of carbonyl (C=O) groups excluding carboxylic acids is 2. The van der Waals surface area contributed by atoms with Crippen molar-refractivity contribution in [2.75, 3.05) is 18.4 Å². The number of Topliss-reactive ketones (excluding diaryl/α,β-unsaturated/α-hetero) is 1. The molecule has 0 saturated carbocycles. The number of aromatic nitrogens is 1. The Morgan fingerprint density at radius 3 is 2.47 bits per heavy atom. The Morgan fingerprint density at radius 2 is 1.75 bits per heavy atom. The van der Waals surface area contributed by atoms with E-state index in [1.54, 1.807) is 29.2 Å². The Kier molecular flexibility index (Phi) is 6.90. The SMILES string of the molecule is CCC(=O)CNc1ccc(C2c3[nH]c4ccc(Cl)cc4c3CCN2C(=O)Oc2ccc(Cl)cc2)cc1. The highest BCUT2D eigenvalue weighted by atomic mass is 35.5. The average molecular weight is 522 g/mol. The quantitative estimate of drug-likeness (QED) is 0.286. The molecule has 1 atom stereocenters. The highest BCUT2D eigenvalue weighted by molar-refractivity contribution is 6.31. The van der Waals surface area contributed by atoms with Crippen LogP contribution in [-0.2, 0) is 11.2 Å². The summed E-state index contributed by atoms with van der Waals surface area (Å²) in [6.07, 6.45) is 0.714. The number of rotatable bonds is 6. The predicted molar refractivity (Wildman–Crippen MR) is 143 cm³/mol. The molecule has 0 radical (unpaired) electrons. The molecular formula is C28H25Cl2N3O3. The first kappa shape index (κ1) is 24.2. The molecule has 1 aromatic heterocycles. The fourth-order valence-electron chi connectivity index (χ4n) is 4.57. The van der Waals surface area contributed by atoms with E-state index in [1.807, 2.05) is 49.4 Å². The number of ether oxygens (including phenoxy) is 1. The standard InChI is InChI=1S/C28H25Cl2N3O3/c1-2-21(34)16-31-20-8-3-17(4-9-20)27-26-23(24-15-19(30)7-12-25(24)32-26)13-14-33(27)28(35)36-22-10-5-18(29)6-11-22/h3-12,15,27,31-32H,2,13-14,16H2,1H3. The van der Waals surface area contributed by atoms with E-state index in [4.69, 9.17) is 27.9 Å². The van der Waals surface area contributed by atoms with Crippen molar-refractivity contribution in [3.8, 4) is 5.75 Å². The van der Waals surface area contributed by atoms with Gasteiger partial charge >= 0.3 is 6.09 Å². The second-order valence-electron chi connectivity index (χ2n) is 8.74. The van der Waals surface area contributed by atoms with Gasteiger partial charge in [-0.1, -0.05) is 42.3 Å². The van der Waals surface area contributed by atoms with Gasteiger partial charge in [0, 0.05) is 45.3 Å². The summed E-state index contributed by atoms with van der Waals surface area (Å²) < 4.78 is 5.71. The maximum absolute atomic E-state index is 13.4. The maximum Gasteiger partial charge on any atom is 0.416 e. The molecule has 1 amide bonds. The van der Waals surface area contributed by atoms with Crippen LogP contribution in [0.1, 0.15) is 36.2 Å². The number of hydrogen-bond acceptors (Lipinski definition) is 4. The summed E-state index contributed by atoms with van der Waals surface area (Å²) in [7, 11) is 0. The number of aromatic amines is 1. The van der Waals surface area contributed by atoms with Crippen LogP contribution in [0.25, 0.3) is 10.9 Å². The molecule has 1 unspecified atom stereocenters. The van der Waals surface area contributed by atoms with Crippen LogP contribution in [0.4, 0.5) is 10.5 Å². The Morgan fingerprint density at radius 1 is 1.03 bits per heavy atom. The van der Waals surface area contributed by atoms with E-state index in [0.29, 0.717) is 35.2 Å². The zero-order chi connectivity index (χ0) is 25.2. The van der Waals surface area contributed by atoms with Crippen LogP contribution in [-0.4, -0.2) is 34.8 Å². The minimum Gasteiger partial charge on any atom is -0.410 e. The number of halogens is 2. The lowest BCUT2D eigenvalue weighted by molar-refractivity contribution is -0.117. The molecule has 1 aliphatic rings. The van der Waals surface area contributed by atoms with Crippen LogP contribution in [0.5, 0.6) is 5.75 Å². The number of anilines is 1. The lowest BCUT2D eigenvalue weighted by atomic mass is 9.92. The summed E-state index contributed by atoms with van der Waals surface area (Å²) >= 11 is 12.3. The largest absolute Gasteiger partial charge is 0.416 e. The van der Waals surface area contributed by atoms with Crippen molar-refractivity contribution in [3.05, 3.63) is 93.6 Å². The summed E-state index contributed by atoms with van der Waals surface area (Å²) in [5, 5.41) is 5.45. The highest BCUT2D eigenvalue weighted by Gasteiger charge is 2.35. The van der Waals surface area contributed by atoms with Gasteiger partial charge < -0.3 is 15.0 Å². The molecule has 0 bridgehead atoms. The molecule has 3 aromatic carbocycles. The third-order valence-electron chi connectivity index (χ3n) is 6.45. The third-order valence-corrected chi connectivity index (χ3v) is 6.94. The van der Waals surface area contributed by atoms with Crippen molar-refractivity contribution in [1.82, 2.24) is 9.88 Å². The molecule has 0 fully saturated rings. The van der Waals surface area contributed by atoms with E-state index in [-0.39, 0.29) is 18.4 Å². The first-order chi connectivity index (χ1) is 17.4. The van der Waals surface area contributed by atoms with Crippen LogP contribution >= 0.6 is 23.2 Å². The summed E-state index contributed by atoms with van der Waals surface area (Å²) in [6.45, 7) is 2.61. The van der Waals surface area contributed by atoms with Gasteiger partial charge in [0.15, 0.2) is 5.78 Å². The molecule has 1 aliphatic heterocycles. The molecule has 2 N–H and O–H groups in total. The number of hydrogen-bond donors (Lipinski definition) is 2. The second kappa shape index (κ2) is 10.2. The molecule has 2 heterocycles. The normalized spacial score (nSPS) is 15.0. The lowest BCUT2D eigenvalue weighted by Gasteiger charge is -2.35.